The second-order valence-electron chi connectivity index (χ2n) is 1.54. The molecule has 0 aromatic carbocycles. The minimum atomic E-state index is -0.572. The van der Waals surface area contributed by atoms with Gasteiger partial charge in [-0.2, -0.15) is 4.39 Å². The zero-order chi connectivity index (χ0) is 6.73. The maximum absolute atomic E-state index is 11.9. The molecule has 0 aliphatic rings. The van der Waals surface area contributed by atoms with E-state index in [2.05, 4.69) is 12.6 Å². The Kier molecular flexibility index (Phi) is 2.76. The van der Waals surface area contributed by atoms with Gasteiger partial charge in [-0.05, 0) is 13.8 Å². The van der Waals surface area contributed by atoms with Crippen LogP contribution >= 0.6 is 12.6 Å². The van der Waals surface area contributed by atoms with E-state index in [0.717, 1.165) is 0 Å². The Hall–Kier alpha value is -0.310. The van der Waals surface area contributed by atoms with Crippen molar-refractivity contribution in [3.8, 4) is 0 Å². The van der Waals surface area contributed by atoms with Gasteiger partial charge in [0.05, 0.1) is 0 Å². The second kappa shape index (κ2) is 2.87. The van der Waals surface area contributed by atoms with Gasteiger partial charge in [0.25, 0.3) is 0 Å². The number of hydrogen-bond donors (Lipinski definition) is 2. The number of hydrogen-bond acceptors (Lipinski definition) is 2. The lowest BCUT2D eigenvalue weighted by Gasteiger charge is -1.93. The van der Waals surface area contributed by atoms with Gasteiger partial charge < -0.3 is 5.41 Å². The largest absolute Gasteiger partial charge is 0.305 e. The lowest BCUT2D eigenvalue weighted by atomic mass is 10.2. The first-order valence-electron chi connectivity index (χ1n) is 2.16. The van der Waals surface area contributed by atoms with Crippen molar-refractivity contribution in [3.63, 3.8) is 0 Å². The Bertz CT molecular complexity index is 135. The van der Waals surface area contributed by atoms with Crippen LogP contribution in [-0.2, 0) is 0 Å². The molecule has 0 aliphatic carbocycles. The van der Waals surface area contributed by atoms with Crippen LogP contribution in [0.4, 0.5) is 4.39 Å². The Morgan fingerprint density at radius 2 is 1.88 bits per heavy atom. The monoisotopic (exact) mass is 133 g/mol. The van der Waals surface area contributed by atoms with Gasteiger partial charge in [-0.3, -0.25) is 0 Å². The molecule has 0 spiro atoms. The van der Waals surface area contributed by atoms with Crippen molar-refractivity contribution >= 4 is 18.3 Å². The van der Waals surface area contributed by atoms with Gasteiger partial charge in [-0.1, -0.05) is 0 Å². The molecule has 0 rings (SSSR count). The number of thiol groups is 1. The molecule has 0 radical (unpaired) electrons. The first-order valence-corrected chi connectivity index (χ1v) is 2.61. The van der Waals surface area contributed by atoms with E-state index in [1.54, 1.807) is 0 Å². The third-order valence-electron chi connectivity index (χ3n) is 0.872. The minimum Gasteiger partial charge on any atom is -0.305 e. The maximum atomic E-state index is 11.9. The summed E-state index contributed by atoms with van der Waals surface area (Å²) in [5, 5.41) is 6.31. The van der Waals surface area contributed by atoms with Crippen LogP contribution in [0.3, 0.4) is 0 Å². The Balaban J connectivity index is 4.23. The van der Waals surface area contributed by atoms with Gasteiger partial charge >= 0.3 is 0 Å². The summed E-state index contributed by atoms with van der Waals surface area (Å²) in [4.78, 5) is 0. The first kappa shape index (κ1) is 7.69. The van der Waals surface area contributed by atoms with E-state index in [1.807, 2.05) is 0 Å². The van der Waals surface area contributed by atoms with Crippen molar-refractivity contribution in [1.82, 2.24) is 0 Å². The fourth-order valence-corrected chi connectivity index (χ4v) is 0.322. The van der Waals surface area contributed by atoms with Gasteiger partial charge in [0.15, 0.2) is 5.16 Å². The fraction of sp³-hybridized carbons (Fsp3) is 0.400. The predicted molar refractivity (Wildman–Crippen MR) is 36.2 cm³/mol. The highest BCUT2D eigenvalue weighted by molar-refractivity contribution is 7.84. The normalized spacial score (nSPS) is 13.0. The maximum Gasteiger partial charge on any atom is 0.158 e. The smallest absolute Gasteiger partial charge is 0.158 e. The van der Waals surface area contributed by atoms with Crippen molar-refractivity contribution in [2.24, 2.45) is 0 Å². The Morgan fingerprint density at radius 1 is 1.50 bits per heavy atom. The van der Waals surface area contributed by atoms with Gasteiger partial charge in [0.1, 0.15) is 0 Å². The quantitative estimate of drug-likeness (QED) is 0.404. The summed E-state index contributed by atoms with van der Waals surface area (Å²) in [7, 11) is 0. The number of halogens is 1. The summed E-state index contributed by atoms with van der Waals surface area (Å²) in [6.07, 6.45) is 0. The third-order valence-corrected chi connectivity index (χ3v) is 1.21. The highest BCUT2D eigenvalue weighted by Crippen LogP contribution is 2.09. The standard InChI is InChI=1S/C5H8FNS/c1-3(4(2)7)5(6)8/h7-8H,1-2H3/b5-3-,7-4?. The lowest BCUT2D eigenvalue weighted by Crippen LogP contribution is -1.89. The highest BCUT2D eigenvalue weighted by Gasteiger charge is 1.95. The van der Waals surface area contributed by atoms with Crippen LogP contribution in [0.15, 0.2) is 10.7 Å². The van der Waals surface area contributed by atoms with Crippen LogP contribution < -0.4 is 0 Å². The van der Waals surface area contributed by atoms with E-state index in [1.165, 1.54) is 13.8 Å². The van der Waals surface area contributed by atoms with Crippen LogP contribution in [-0.4, -0.2) is 5.71 Å². The minimum absolute atomic E-state index is 0.220. The molecule has 0 saturated carbocycles. The molecule has 0 bridgehead atoms. The molecular formula is C5H8FNS. The van der Waals surface area contributed by atoms with Crippen LogP contribution in [0.5, 0.6) is 0 Å². The summed E-state index contributed by atoms with van der Waals surface area (Å²) in [6, 6.07) is 0. The van der Waals surface area contributed by atoms with E-state index >= 15 is 0 Å². The molecule has 1 nitrogen and oxygen atoms in total. The van der Waals surface area contributed by atoms with Gasteiger partial charge in [-0.25, -0.2) is 0 Å². The van der Waals surface area contributed by atoms with E-state index < -0.39 is 5.16 Å². The van der Waals surface area contributed by atoms with Crippen LogP contribution in [0.1, 0.15) is 13.8 Å². The molecule has 8 heavy (non-hydrogen) atoms. The molecule has 0 heterocycles. The topological polar surface area (TPSA) is 23.9 Å². The van der Waals surface area contributed by atoms with Crippen molar-refractivity contribution in [2.45, 2.75) is 13.8 Å². The van der Waals surface area contributed by atoms with Crippen molar-refractivity contribution in [1.29, 1.82) is 5.41 Å². The van der Waals surface area contributed by atoms with Crippen LogP contribution in [0.2, 0.25) is 0 Å². The van der Waals surface area contributed by atoms with E-state index in [4.69, 9.17) is 5.41 Å². The number of allylic oxidation sites excluding steroid dienone is 1. The molecule has 0 fully saturated rings. The third kappa shape index (κ3) is 2.12. The SMILES string of the molecule is CC(=N)/C(C)=C(/F)S. The molecule has 0 saturated heterocycles. The van der Waals surface area contributed by atoms with E-state index in [-0.39, 0.29) is 5.71 Å². The van der Waals surface area contributed by atoms with Crippen molar-refractivity contribution in [2.75, 3.05) is 0 Å². The lowest BCUT2D eigenvalue weighted by molar-refractivity contribution is 0.695. The van der Waals surface area contributed by atoms with E-state index in [9.17, 15) is 4.39 Å². The summed E-state index contributed by atoms with van der Waals surface area (Å²) in [6.45, 7) is 3.04. The van der Waals surface area contributed by atoms with Crippen LogP contribution in [0, 0.1) is 5.41 Å². The molecule has 0 unspecified atom stereocenters. The second-order valence-corrected chi connectivity index (χ2v) is 1.93. The molecule has 0 aliphatic heterocycles. The zero-order valence-corrected chi connectivity index (χ0v) is 5.72. The first-order chi connectivity index (χ1) is 3.55. The summed E-state index contributed by atoms with van der Waals surface area (Å²) < 4.78 is 11.9. The van der Waals surface area contributed by atoms with Crippen LogP contribution in [0.25, 0.3) is 0 Å². The molecule has 1 N–H and O–H groups in total. The molecule has 0 aromatic heterocycles. The average Bonchev–Trinajstić information content (AvgIpc) is 1.64. The molecule has 46 valence electrons. The average molecular weight is 133 g/mol. The van der Waals surface area contributed by atoms with Gasteiger partial charge in [0, 0.05) is 11.3 Å². The summed E-state index contributed by atoms with van der Waals surface area (Å²) in [5.74, 6) is 0. The van der Waals surface area contributed by atoms with Gasteiger partial charge in [-0.15, -0.1) is 12.6 Å². The Labute approximate surface area is 53.5 Å². The zero-order valence-electron chi connectivity index (χ0n) is 4.83. The molecule has 0 amide bonds. The molecule has 3 heteroatoms. The molecule has 0 aromatic rings. The van der Waals surface area contributed by atoms with Crippen molar-refractivity contribution < 1.29 is 4.39 Å². The number of rotatable bonds is 1. The molecule has 0 atom stereocenters. The highest BCUT2D eigenvalue weighted by atomic mass is 32.1. The number of nitrogens with one attached hydrogen (secondary N) is 1. The fourth-order valence-electron chi connectivity index (χ4n) is 0.155. The molecular weight excluding hydrogens is 125 g/mol. The van der Waals surface area contributed by atoms with E-state index in [0.29, 0.717) is 5.57 Å². The van der Waals surface area contributed by atoms with Gasteiger partial charge in [0.2, 0.25) is 0 Å². The Morgan fingerprint density at radius 3 is 1.88 bits per heavy atom. The summed E-state index contributed by atoms with van der Waals surface area (Å²) in [5.41, 5.74) is 0.519. The summed E-state index contributed by atoms with van der Waals surface area (Å²) >= 11 is 3.40. The van der Waals surface area contributed by atoms with Crippen molar-refractivity contribution in [3.05, 3.63) is 10.7 Å². The predicted octanol–water partition coefficient (Wildman–Crippen LogP) is 2.16.